The Balaban J connectivity index is 2.92. The Hall–Kier alpha value is -1.07. The third kappa shape index (κ3) is 3.46. The van der Waals surface area contributed by atoms with Gasteiger partial charge in [-0.05, 0) is 31.5 Å². The fourth-order valence-electron chi connectivity index (χ4n) is 1.38. The first-order valence-electron chi connectivity index (χ1n) is 5.56. The van der Waals surface area contributed by atoms with Gasteiger partial charge in [0.25, 0.3) is 0 Å². The van der Waals surface area contributed by atoms with Crippen LogP contribution in [-0.2, 0) is 14.6 Å². The second-order valence-electron chi connectivity index (χ2n) is 4.04. The molecule has 0 spiro atoms. The summed E-state index contributed by atoms with van der Waals surface area (Å²) in [5, 5.41) is 2.01. The van der Waals surface area contributed by atoms with Crippen LogP contribution in [0.2, 0.25) is 5.02 Å². The number of nitrogens with one attached hydrogen (secondary N) is 1. The van der Waals surface area contributed by atoms with Crippen LogP contribution >= 0.6 is 11.6 Å². The van der Waals surface area contributed by atoms with E-state index in [1.807, 2.05) is 6.92 Å². The van der Waals surface area contributed by atoms with Gasteiger partial charge in [-0.1, -0.05) is 24.6 Å². The second-order valence-corrected chi connectivity index (χ2v) is 7.09. The number of aryl methyl sites for hydroxylation is 1. The van der Waals surface area contributed by atoms with Crippen LogP contribution in [0.5, 0.6) is 0 Å². The SMILES string of the molecule is CCS(=O)(=O)[C@H](C)C(=O)Nc1cc(Cl)ccc1C. The molecule has 18 heavy (non-hydrogen) atoms. The highest BCUT2D eigenvalue weighted by Gasteiger charge is 2.26. The lowest BCUT2D eigenvalue weighted by Crippen LogP contribution is -2.33. The van der Waals surface area contributed by atoms with Crippen LogP contribution in [0.1, 0.15) is 19.4 Å². The minimum atomic E-state index is -3.39. The lowest BCUT2D eigenvalue weighted by molar-refractivity contribution is -0.115. The van der Waals surface area contributed by atoms with Crippen molar-refractivity contribution in [2.45, 2.75) is 26.0 Å². The van der Waals surface area contributed by atoms with Crippen molar-refractivity contribution in [3.63, 3.8) is 0 Å². The predicted octanol–water partition coefficient (Wildman–Crippen LogP) is 2.41. The number of carbonyl (C=O) groups excluding carboxylic acids is 1. The largest absolute Gasteiger partial charge is 0.325 e. The van der Waals surface area contributed by atoms with Crippen molar-refractivity contribution in [2.75, 3.05) is 11.1 Å². The number of sulfone groups is 1. The average Bonchev–Trinajstić information content (AvgIpc) is 2.32. The Bertz CT molecular complexity index is 554. The number of hydrogen-bond donors (Lipinski definition) is 1. The molecular formula is C12H16ClNO3S. The monoisotopic (exact) mass is 289 g/mol. The molecule has 0 unspecified atom stereocenters. The molecule has 1 aromatic rings. The van der Waals surface area contributed by atoms with Crippen molar-refractivity contribution in [3.05, 3.63) is 28.8 Å². The normalized spacial score (nSPS) is 13.1. The first-order chi connectivity index (χ1) is 8.27. The van der Waals surface area contributed by atoms with Gasteiger partial charge < -0.3 is 5.32 Å². The summed E-state index contributed by atoms with van der Waals surface area (Å²) in [4.78, 5) is 11.8. The topological polar surface area (TPSA) is 63.2 Å². The van der Waals surface area contributed by atoms with Crippen molar-refractivity contribution in [3.8, 4) is 0 Å². The molecule has 0 aromatic heterocycles. The summed E-state index contributed by atoms with van der Waals surface area (Å²) in [6.07, 6.45) is 0. The summed E-state index contributed by atoms with van der Waals surface area (Å²) < 4.78 is 23.2. The lowest BCUT2D eigenvalue weighted by Gasteiger charge is -2.13. The molecule has 100 valence electrons. The summed E-state index contributed by atoms with van der Waals surface area (Å²) in [6, 6.07) is 5.07. The van der Waals surface area contributed by atoms with Crippen LogP contribution in [0.15, 0.2) is 18.2 Å². The van der Waals surface area contributed by atoms with E-state index in [0.29, 0.717) is 10.7 Å². The highest BCUT2D eigenvalue weighted by Crippen LogP contribution is 2.20. The Morgan fingerprint density at radius 2 is 2.06 bits per heavy atom. The molecule has 0 saturated heterocycles. The number of carbonyl (C=O) groups is 1. The van der Waals surface area contributed by atoms with E-state index in [1.54, 1.807) is 18.2 Å². The smallest absolute Gasteiger partial charge is 0.242 e. The zero-order chi connectivity index (χ0) is 13.9. The Morgan fingerprint density at radius 3 is 2.61 bits per heavy atom. The van der Waals surface area contributed by atoms with E-state index in [2.05, 4.69) is 5.32 Å². The Kier molecular flexibility index (Phi) is 4.76. The minimum Gasteiger partial charge on any atom is -0.325 e. The highest BCUT2D eigenvalue weighted by atomic mass is 35.5. The van der Waals surface area contributed by atoms with Gasteiger partial charge in [-0.15, -0.1) is 0 Å². The summed E-state index contributed by atoms with van der Waals surface area (Å²) in [5.41, 5.74) is 1.36. The average molecular weight is 290 g/mol. The molecule has 0 aliphatic rings. The molecule has 0 fully saturated rings. The number of anilines is 1. The number of rotatable bonds is 4. The van der Waals surface area contributed by atoms with Crippen LogP contribution in [0, 0.1) is 6.92 Å². The summed E-state index contributed by atoms with van der Waals surface area (Å²) >= 11 is 5.83. The zero-order valence-corrected chi connectivity index (χ0v) is 12.1. The highest BCUT2D eigenvalue weighted by molar-refractivity contribution is 7.92. The van der Waals surface area contributed by atoms with Gasteiger partial charge in [0.05, 0.1) is 0 Å². The van der Waals surface area contributed by atoms with Gasteiger partial charge in [-0.25, -0.2) is 8.42 Å². The Labute approximate surface area is 112 Å². The van der Waals surface area contributed by atoms with E-state index in [0.717, 1.165) is 5.56 Å². The van der Waals surface area contributed by atoms with Gasteiger partial charge in [0.15, 0.2) is 9.84 Å². The molecule has 6 heteroatoms. The molecular weight excluding hydrogens is 274 g/mol. The van der Waals surface area contributed by atoms with Gasteiger partial charge in [-0.2, -0.15) is 0 Å². The fourth-order valence-corrected chi connectivity index (χ4v) is 2.43. The quantitative estimate of drug-likeness (QED) is 0.926. The first kappa shape index (κ1) is 15.0. The molecule has 1 rings (SSSR count). The van der Waals surface area contributed by atoms with Crippen molar-refractivity contribution in [2.24, 2.45) is 0 Å². The molecule has 0 heterocycles. The molecule has 1 aromatic carbocycles. The van der Waals surface area contributed by atoms with Gasteiger partial charge in [0.1, 0.15) is 5.25 Å². The molecule has 0 aliphatic heterocycles. The maximum atomic E-state index is 11.8. The maximum absolute atomic E-state index is 11.8. The van der Waals surface area contributed by atoms with Gasteiger partial charge >= 0.3 is 0 Å². The molecule has 1 amide bonds. The van der Waals surface area contributed by atoms with E-state index >= 15 is 0 Å². The van der Waals surface area contributed by atoms with Crippen LogP contribution in [0.4, 0.5) is 5.69 Å². The summed E-state index contributed by atoms with van der Waals surface area (Å²) in [5.74, 6) is -0.599. The van der Waals surface area contributed by atoms with Crippen LogP contribution < -0.4 is 5.32 Å². The molecule has 1 N–H and O–H groups in total. The lowest BCUT2D eigenvalue weighted by atomic mass is 10.2. The second kappa shape index (κ2) is 5.71. The standard InChI is InChI=1S/C12H16ClNO3S/c1-4-18(16,17)9(3)12(15)14-11-7-10(13)6-5-8(11)2/h5-7,9H,4H2,1-3H3,(H,14,15)/t9-/m1/s1. The van der Waals surface area contributed by atoms with Crippen molar-refractivity contribution >= 4 is 33.0 Å². The summed E-state index contributed by atoms with van der Waals surface area (Å²) in [7, 11) is -3.39. The van der Waals surface area contributed by atoms with Crippen LogP contribution in [-0.4, -0.2) is 25.3 Å². The molecule has 4 nitrogen and oxygen atoms in total. The third-order valence-corrected chi connectivity index (χ3v) is 5.10. The minimum absolute atomic E-state index is 0.0594. The predicted molar refractivity (Wildman–Crippen MR) is 73.7 cm³/mol. The number of halogens is 1. The number of benzene rings is 1. The summed E-state index contributed by atoms with van der Waals surface area (Å²) in [6.45, 7) is 4.71. The van der Waals surface area contributed by atoms with E-state index in [4.69, 9.17) is 11.6 Å². The third-order valence-electron chi connectivity index (χ3n) is 2.77. The number of amides is 1. The van der Waals surface area contributed by atoms with E-state index in [9.17, 15) is 13.2 Å². The van der Waals surface area contributed by atoms with Gasteiger partial charge in [0, 0.05) is 16.5 Å². The molecule has 0 bridgehead atoms. The fraction of sp³-hybridized carbons (Fsp3) is 0.417. The van der Waals surface area contributed by atoms with Crippen molar-refractivity contribution < 1.29 is 13.2 Å². The van der Waals surface area contributed by atoms with E-state index in [1.165, 1.54) is 13.8 Å². The maximum Gasteiger partial charge on any atom is 0.242 e. The van der Waals surface area contributed by atoms with Crippen molar-refractivity contribution in [1.29, 1.82) is 0 Å². The molecule has 1 atom stereocenters. The molecule has 0 aliphatic carbocycles. The number of hydrogen-bond acceptors (Lipinski definition) is 3. The Morgan fingerprint density at radius 1 is 1.44 bits per heavy atom. The van der Waals surface area contributed by atoms with Crippen molar-refractivity contribution in [1.82, 2.24) is 0 Å². The molecule has 0 saturated carbocycles. The zero-order valence-electron chi connectivity index (χ0n) is 10.5. The van der Waals surface area contributed by atoms with E-state index < -0.39 is 21.0 Å². The molecule has 0 radical (unpaired) electrons. The van der Waals surface area contributed by atoms with E-state index in [-0.39, 0.29) is 5.75 Å². The van der Waals surface area contributed by atoms with Crippen LogP contribution in [0.3, 0.4) is 0 Å². The van der Waals surface area contributed by atoms with Crippen LogP contribution in [0.25, 0.3) is 0 Å². The first-order valence-corrected chi connectivity index (χ1v) is 7.66. The van der Waals surface area contributed by atoms with Gasteiger partial charge in [0.2, 0.25) is 5.91 Å². The van der Waals surface area contributed by atoms with Gasteiger partial charge in [-0.3, -0.25) is 4.79 Å².